The summed E-state index contributed by atoms with van der Waals surface area (Å²) >= 11 is 3.59. The Bertz CT molecular complexity index is 1710. The van der Waals surface area contributed by atoms with Gasteiger partial charge in [0.15, 0.2) is 0 Å². The number of alkyl carbamates (subject to hydrolysis) is 1. The minimum atomic E-state index is -0.973. The number of likely N-dealkylation sites (tertiary alicyclic amines) is 1. The van der Waals surface area contributed by atoms with Gasteiger partial charge in [-0.25, -0.2) is 4.79 Å². The second-order valence-corrected chi connectivity index (χ2v) is 13.1. The standard InChI is InChI=1S/C34H35BrN4O4/c1-34(2,3)43-33(42)38-29(20-8-5-4-6-9-20)32(41)39-17-7-10-28(39)31(40)36-23-13-15-24-21(18-23)11-14-25-26-19-22(35)12-16-27(26)37-30(24)25/h4-6,8-9,12-13,15-16,18-19,28-29,37H,7,10-11,14,17H2,1-3H3,(H,36,40)(H,38,42)/t28-,29-/m0/s1. The van der Waals surface area contributed by atoms with Gasteiger partial charge in [0.2, 0.25) is 5.91 Å². The van der Waals surface area contributed by atoms with Gasteiger partial charge in [-0.3, -0.25) is 9.59 Å². The number of amides is 3. The Hall–Kier alpha value is -4.11. The molecule has 0 saturated carbocycles. The van der Waals surface area contributed by atoms with Gasteiger partial charge in [-0.05, 0) is 93.5 Å². The number of benzene rings is 3. The third kappa shape index (κ3) is 6.04. The lowest BCUT2D eigenvalue weighted by molar-refractivity contribution is -0.138. The van der Waals surface area contributed by atoms with Crippen molar-refractivity contribution in [3.8, 4) is 11.3 Å². The highest BCUT2D eigenvalue weighted by Crippen LogP contribution is 2.39. The number of anilines is 1. The fourth-order valence-corrected chi connectivity index (χ4v) is 6.51. The Balaban J connectivity index is 1.20. The molecule has 0 bridgehead atoms. The number of halogens is 1. The summed E-state index contributed by atoms with van der Waals surface area (Å²) in [5.41, 5.74) is 6.48. The smallest absolute Gasteiger partial charge is 0.408 e. The molecule has 1 aliphatic heterocycles. The molecule has 3 N–H and O–H groups in total. The summed E-state index contributed by atoms with van der Waals surface area (Å²) in [5.74, 6) is -0.569. The molecule has 1 saturated heterocycles. The van der Waals surface area contributed by atoms with Crippen LogP contribution in [0.4, 0.5) is 10.5 Å². The highest BCUT2D eigenvalue weighted by molar-refractivity contribution is 9.10. The Morgan fingerprint density at radius 1 is 1.02 bits per heavy atom. The van der Waals surface area contributed by atoms with E-state index in [9.17, 15) is 14.4 Å². The maximum atomic E-state index is 13.9. The molecule has 8 nitrogen and oxygen atoms in total. The molecule has 6 rings (SSSR count). The predicted molar refractivity (Wildman–Crippen MR) is 171 cm³/mol. The first kappa shape index (κ1) is 29.0. The number of aromatic nitrogens is 1. The largest absolute Gasteiger partial charge is 0.444 e. The van der Waals surface area contributed by atoms with Crippen molar-refractivity contribution in [3.63, 3.8) is 0 Å². The molecule has 1 aromatic heterocycles. The summed E-state index contributed by atoms with van der Waals surface area (Å²) in [6.07, 6.45) is 2.34. The number of carbonyl (C=O) groups is 3. The van der Waals surface area contributed by atoms with Crippen LogP contribution in [0, 0.1) is 0 Å². The van der Waals surface area contributed by atoms with Crippen molar-refractivity contribution in [3.05, 3.63) is 87.9 Å². The molecule has 0 radical (unpaired) electrons. The molecule has 1 aliphatic carbocycles. The highest BCUT2D eigenvalue weighted by Gasteiger charge is 2.39. The molecule has 222 valence electrons. The van der Waals surface area contributed by atoms with Crippen molar-refractivity contribution in [1.82, 2.24) is 15.2 Å². The summed E-state index contributed by atoms with van der Waals surface area (Å²) in [4.78, 5) is 45.3. The van der Waals surface area contributed by atoms with E-state index in [1.807, 2.05) is 36.4 Å². The Kier molecular flexibility index (Phi) is 7.77. The van der Waals surface area contributed by atoms with Crippen LogP contribution >= 0.6 is 15.9 Å². The Morgan fingerprint density at radius 3 is 2.58 bits per heavy atom. The van der Waals surface area contributed by atoms with Crippen molar-refractivity contribution in [2.75, 3.05) is 11.9 Å². The average Bonchev–Trinajstić information content (AvgIpc) is 3.60. The number of carbonyl (C=O) groups excluding carboxylic acids is 3. The minimum absolute atomic E-state index is 0.234. The normalized spacial score (nSPS) is 16.7. The third-order valence-electron chi connectivity index (χ3n) is 8.03. The lowest BCUT2D eigenvalue weighted by Gasteiger charge is -2.30. The lowest BCUT2D eigenvalue weighted by atomic mass is 9.88. The first-order valence-corrected chi connectivity index (χ1v) is 15.5. The Morgan fingerprint density at radius 2 is 1.81 bits per heavy atom. The zero-order valence-electron chi connectivity index (χ0n) is 24.5. The van der Waals surface area contributed by atoms with Crippen molar-refractivity contribution in [2.24, 2.45) is 0 Å². The molecule has 0 unspecified atom stereocenters. The van der Waals surface area contributed by atoms with Crippen molar-refractivity contribution >= 4 is 50.4 Å². The van der Waals surface area contributed by atoms with Crippen LogP contribution in [0.25, 0.3) is 22.2 Å². The van der Waals surface area contributed by atoms with E-state index >= 15 is 0 Å². The number of hydrogen-bond donors (Lipinski definition) is 3. The molecule has 43 heavy (non-hydrogen) atoms. The molecular weight excluding hydrogens is 608 g/mol. The number of H-pyrrole nitrogens is 1. The Labute approximate surface area is 259 Å². The summed E-state index contributed by atoms with van der Waals surface area (Å²) in [6.45, 7) is 5.74. The number of ether oxygens (including phenoxy) is 1. The fraction of sp³-hybridized carbons (Fsp3) is 0.324. The summed E-state index contributed by atoms with van der Waals surface area (Å²) in [6, 6.07) is 19.7. The molecular formula is C34H35BrN4O4. The number of hydrogen-bond acceptors (Lipinski definition) is 4. The van der Waals surface area contributed by atoms with Gasteiger partial charge in [-0.15, -0.1) is 0 Å². The van der Waals surface area contributed by atoms with E-state index in [1.54, 1.807) is 37.8 Å². The van der Waals surface area contributed by atoms with Crippen LogP contribution in [0.15, 0.2) is 71.2 Å². The first-order valence-electron chi connectivity index (χ1n) is 14.7. The monoisotopic (exact) mass is 642 g/mol. The number of aryl methyl sites for hydroxylation is 2. The van der Waals surface area contributed by atoms with E-state index in [4.69, 9.17) is 4.74 Å². The van der Waals surface area contributed by atoms with Crippen molar-refractivity contribution in [2.45, 2.75) is 64.1 Å². The highest BCUT2D eigenvalue weighted by atomic mass is 79.9. The molecule has 9 heteroatoms. The molecule has 4 aromatic rings. The van der Waals surface area contributed by atoms with Crippen LogP contribution in [-0.2, 0) is 27.2 Å². The van der Waals surface area contributed by atoms with Crippen LogP contribution < -0.4 is 10.6 Å². The van der Waals surface area contributed by atoms with Gasteiger partial charge < -0.3 is 25.3 Å². The van der Waals surface area contributed by atoms with Crippen LogP contribution in [0.3, 0.4) is 0 Å². The summed E-state index contributed by atoms with van der Waals surface area (Å²) in [7, 11) is 0. The van der Waals surface area contributed by atoms with Gasteiger partial charge in [-0.2, -0.15) is 0 Å². The third-order valence-corrected chi connectivity index (χ3v) is 8.53. The molecule has 2 aliphatic rings. The zero-order valence-corrected chi connectivity index (χ0v) is 26.1. The van der Waals surface area contributed by atoms with Gasteiger partial charge >= 0.3 is 6.09 Å². The van der Waals surface area contributed by atoms with Crippen molar-refractivity contribution in [1.29, 1.82) is 0 Å². The maximum absolute atomic E-state index is 13.9. The zero-order chi connectivity index (χ0) is 30.3. The van der Waals surface area contributed by atoms with Gasteiger partial charge in [-0.1, -0.05) is 52.3 Å². The fourth-order valence-electron chi connectivity index (χ4n) is 6.14. The van der Waals surface area contributed by atoms with Crippen LogP contribution in [-0.4, -0.2) is 46.0 Å². The molecule has 3 amide bonds. The van der Waals surface area contributed by atoms with Crippen LogP contribution in [0.5, 0.6) is 0 Å². The van der Waals surface area contributed by atoms with Crippen LogP contribution in [0.2, 0.25) is 0 Å². The second-order valence-electron chi connectivity index (χ2n) is 12.2. The molecule has 3 aromatic carbocycles. The molecule has 1 fully saturated rings. The number of fused-ring (bicyclic) bond motifs is 5. The summed E-state index contributed by atoms with van der Waals surface area (Å²) in [5, 5.41) is 7.04. The van der Waals surface area contributed by atoms with E-state index in [-0.39, 0.29) is 11.8 Å². The number of nitrogens with one attached hydrogen (secondary N) is 3. The average molecular weight is 644 g/mol. The molecule has 2 heterocycles. The topological polar surface area (TPSA) is 104 Å². The number of aromatic amines is 1. The van der Waals surface area contributed by atoms with E-state index in [0.717, 1.165) is 34.1 Å². The lowest BCUT2D eigenvalue weighted by Crippen LogP contribution is -2.49. The molecule has 2 atom stereocenters. The number of rotatable bonds is 5. The maximum Gasteiger partial charge on any atom is 0.408 e. The van der Waals surface area contributed by atoms with E-state index in [1.165, 1.54) is 16.5 Å². The van der Waals surface area contributed by atoms with E-state index < -0.39 is 23.8 Å². The SMILES string of the molecule is CC(C)(C)OC(=O)N[C@H](C(=O)N1CCC[C@H]1C(=O)Nc1ccc2c(c1)CCc1c-2[nH]c2ccc(Br)cc12)c1ccccc1. The van der Waals surface area contributed by atoms with Gasteiger partial charge in [0.25, 0.3) is 5.91 Å². The van der Waals surface area contributed by atoms with E-state index in [2.05, 4.69) is 49.7 Å². The molecule has 0 spiro atoms. The minimum Gasteiger partial charge on any atom is -0.444 e. The second kappa shape index (κ2) is 11.5. The van der Waals surface area contributed by atoms with E-state index in [0.29, 0.717) is 30.6 Å². The quantitative estimate of drug-likeness (QED) is 0.220. The van der Waals surface area contributed by atoms with Gasteiger partial charge in [0, 0.05) is 38.9 Å². The summed E-state index contributed by atoms with van der Waals surface area (Å²) < 4.78 is 6.50. The number of nitrogens with zero attached hydrogens (tertiary/aromatic N) is 1. The van der Waals surface area contributed by atoms with Gasteiger partial charge in [0.1, 0.15) is 17.7 Å². The van der Waals surface area contributed by atoms with Gasteiger partial charge in [0.05, 0.1) is 0 Å². The first-order chi connectivity index (χ1) is 20.6. The predicted octanol–water partition coefficient (Wildman–Crippen LogP) is 6.89. The van der Waals surface area contributed by atoms with Crippen LogP contribution in [0.1, 0.15) is 56.3 Å². The van der Waals surface area contributed by atoms with Crippen molar-refractivity contribution < 1.29 is 19.1 Å².